The Hall–Kier alpha value is -3.14. The molecule has 1 aliphatic heterocycles. The number of nitrogens with zero attached hydrogens (tertiary/aromatic N) is 2. The number of rotatable bonds is 5. The highest BCUT2D eigenvalue weighted by Crippen LogP contribution is 2.39. The van der Waals surface area contributed by atoms with Gasteiger partial charge in [-0.25, -0.2) is 4.79 Å². The fourth-order valence-corrected chi connectivity index (χ4v) is 4.49. The van der Waals surface area contributed by atoms with Gasteiger partial charge in [0.05, 0.1) is 11.0 Å². The van der Waals surface area contributed by atoms with Gasteiger partial charge >= 0.3 is 5.63 Å². The van der Waals surface area contributed by atoms with Crippen LogP contribution in [-0.4, -0.2) is 30.4 Å². The Morgan fingerprint density at radius 1 is 1.03 bits per heavy atom. The first-order valence-corrected chi connectivity index (χ1v) is 10.6. The lowest BCUT2D eigenvalue weighted by molar-refractivity contribution is -0.401. The predicted molar refractivity (Wildman–Crippen MR) is 125 cm³/mol. The van der Waals surface area contributed by atoms with Crippen molar-refractivity contribution >= 4 is 34.1 Å². The Labute approximate surface area is 177 Å². The minimum Gasteiger partial charge on any atom is -0.422 e. The van der Waals surface area contributed by atoms with E-state index in [0.717, 1.165) is 29.9 Å². The molecule has 3 aromatic rings. The minimum atomic E-state index is -0.313. The van der Waals surface area contributed by atoms with Crippen LogP contribution in [-0.2, 0) is 5.41 Å². The van der Waals surface area contributed by atoms with E-state index in [9.17, 15) is 4.79 Å². The highest BCUT2D eigenvalue weighted by Gasteiger charge is 2.42. The summed E-state index contributed by atoms with van der Waals surface area (Å²) in [6.45, 7) is 10.5. The number of fused-ring (bicyclic) bond motifs is 2. The Kier molecular flexibility index (Phi) is 5.10. The maximum absolute atomic E-state index is 12.7. The summed E-state index contributed by atoms with van der Waals surface area (Å²) in [6, 6.07) is 16.4. The van der Waals surface area contributed by atoms with Crippen LogP contribution in [0.4, 0.5) is 11.4 Å². The lowest BCUT2D eigenvalue weighted by atomic mass is 9.81. The van der Waals surface area contributed by atoms with Crippen molar-refractivity contribution in [2.24, 2.45) is 0 Å². The lowest BCUT2D eigenvalue weighted by Gasteiger charge is -2.20. The third-order valence-electron chi connectivity index (χ3n) is 6.24. The molecule has 0 radical (unpaired) electrons. The van der Waals surface area contributed by atoms with Crippen molar-refractivity contribution in [3.05, 3.63) is 76.2 Å². The molecule has 0 atom stereocenters. The van der Waals surface area contributed by atoms with Gasteiger partial charge in [-0.3, -0.25) is 0 Å². The van der Waals surface area contributed by atoms with Gasteiger partial charge in [0.1, 0.15) is 12.6 Å². The van der Waals surface area contributed by atoms with Crippen LogP contribution in [0.3, 0.4) is 0 Å². The molecule has 4 rings (SSSR count). The number of allylic oxidation sites excluding steroid dienone is 1. The summed E-state index contributed by atoms with van der Waals surface area (Å²) in [5.41, 5.74) is 5.47. The normalized spacial score (nSPS) is 15.2. The number of hydrogen-bond acceptors (Lipinski definition) is 3. The summed E-state index contributed by atoms with van der Waals surface area (Å²) >= 11 is 0. The summed E-state index contributed by atoms with van der Waals surface area (Å²) in [5.74, 6) is 0. The molecule has 2 heterocycles. The lowest BCUT2D eigenvalue weighted by Crippen LogP contribution is -2.26. The van der Waals surface area contributed by atoms with Gasteiger partial charge in [-0.05, 0) is 52.0 Å². The van der Waals surface area contributed by atoms with Crippen LogP contribution in [0.15, 0.2) is 63.8 Å². The smallest absolute Gasteiger partial charge is 0.343 e. The van der Waals surface area contributed by atoms with E-state index in [0.29, 0.717) is 11.1 Å². The summed E-state index contributed by atoms with van der Waals surface area (Å²) in [7, 11) is 2.07. The highest BCUT2D eigenvalue weighted by atomic mass is 16.4. The van der Waals surface area contributed by atoms with E-state index in [1.54, 1.807) is 0 Å². The Balaban J connectivity index is 1.72. The summed E-state index contributed by atoms with van der Waals surface area (Å²) < 4.78 is 7.87. The van der Waals surface area contributed by atoms with Crippen molar-refractivity contribution < 1.29 is 8.99 Å². The van der Waals surface area contributed by atoms with Gasteiger partial charge in [-0.15, -0.1) is 0 Å². The van der Waals surface area contributed by atoms with Crippen LogP contribution in [0.5, 0.6) is 0 Å². The van der Waals surface area contributed by atoms with Crippen LogP contribution in [0.1, 0.15) is 38.8 Å². The second kappa shape index (κ2) is 7.60. The fourth-order valence-electron chi connectivity index (χ4n) is 4.49. The van der Waals surface area contributed by atoms with E-state index in [1.165, 1.54) is 11.3 Å². The molecule has 1 aromatic heterocycles. The van der Waals surface area contributed by atoms with Gasteiger partial charge in [0, 0.05) is 47.9 Å². The SMILES string of the molecule is CCN(CC)c1ccc2cc(C=CC3=[N+](C)c4ccccc4C3(C)C)c(=O)oc2c1. The molecule has 1 aliphatic rings. The third-order valence-corrected chi connectivity index (χ3v) is 6.24. The number of benzene rings is 2. The molecule has 4 nitrogen and oxygen atoms in total. The van der Waals surface area contributed by atoms with Gasteiger partial charge in [0.2, 0.25) is 5.69 Å². The molecule has 0 aliphatic carbocycles. The molecule has 0 bridgehead atoms. The number of hydrogen-bond donors (Lipinski definition) is 0. The quantitative estimate of drug-likeness (QED) is 0.427. The van der Waals surface area contributed by atoms with Crippen molar-refractivity contribution in [3.8, 4) is 0 Å². The molecule has 2 aromatic carbocycles. The minimum absolute atomic E-state index is 0.127. The third kappa shape index (κ3) is 3.26. The number of anilines is 1. The largest absolute Gasteiger partial charge is 0.422 e. The van der Waals surface area contributed by atoms with Gasteiger partial charge < -0.3 is 9.32 Å². The Morgan fingerprint density at radius 2 is 1.77 bits per heavy atom. The molecule has 30 heavy (non-hydrogen) atoms. The highest BCUT2D eigenvalue weighted by molar-refractivity contribution is 6.05. The zero-order valence-corrected chi connectivity index (χ0v) is 18.4. The van der Waals surface area contributed by atoms with Crippen LogP contribution < -0.4 is 10.5 Å². The first-order chi connectivity index (χ1) is 14.4. The molecule has 0 saturated heterocycles. The van der Waals surface area contributed by atoms with Crippen LogP contribution in [0.2, 0.25) is 0 Å². The molecular weight excluding hydrogens is 372 g/mol. The topological polar surface area (TPSA) is 36.5 Å². The molecule has 4 heteroatoms. The van der Waals surface area contributed by atoms with E-state index >= 15 is 0 Å². The molecule has 0 unspecified atom stereocenters. The van der Waals surface area contributed by atoms with Gasteiger partial charge in [-0.1, -0.05) is 18.2 Å². The van der Waals surface area contributed by atoms with Gasteiger partial charge in [0.15, 0.2) is 5.71 Å². The van der Waals surface area contributed by atoms with Crippen molar-refractivity contribution in [2.45, 2.75) is 33.1 Å². The first kappa shape index (κ1) is 20.1. The molecular formula is C26H29N2O2+. The van der Waals surface area contributed by atoms with Crippen molar-refractivity contribution in [1.29, 1.82) is 0 Å². The fraction of sp³-hybridized carbons (Fsp3) is 0.308. The monoisotopic (exact) mass is 401 g/mol. The average molecular weight is 402 g/mol. The average Bonchev–Trinajstić information content (AvgIpc) is 2.93. The molecule has 0 amide bonds. The maximum Gasteiger partial charge on any atom is 0.343 e. The van der Waals surface area contributed by atoms with Crippen molar-refractivity contribution in [1.82, 2.24) is 0 Å². The Bertz CT molecular complexity index is 1230. The molecule has 0 spiro atoms. The zero-order valence-electron chi connectivity index (χ0n) is 18.4. The van der Waals surface area contributed by atoms with Crippen LogP contribution in [0.25, 0.3) is 17.0 Å². The van der Waals surface area contributed by atoms with E-state index in [2.05, 4.69) is 74.5 Å². The zero-order chi connectivity index (χ0) is 21.5. The second-order valence-electron chi connectivity index (χ2n) is 8.30. The van der Waals surface area contributed by atoms with E-state index < -0.39 is 0 Å². The first-order valence-electron chi connectivity index (χ1n) is 10.6. The molecule has 0 saturated carbocycles. The maximum atomic E-state index is 12.7. The van der Waals surface area contributed by atoms with E-state index in [1.807, 2.05) is 30.4 Å². The van der Waals surface area contributed by atoms with Gasteiger partial charge in [0.25, 0.3) is 0 Å². The summed E-state index contributed by atoms with van der Waals surface area (Å²) in [4.78, 5) is 14.9. The molecule has 0 fully saturated rings. The summed E-state index contributed by atoms with van der Waals surface area (Å²) in [6.07, 6.45) is 3.92. The molecule has 0 N–H and O–H groups in total. The van der Waals surface area contributed by atoms with Crippen molar-refractivity contribution in [2.75, 3.05) is 25.0 Å². The van der Waals surface area contributed by atoms with Crippen molar-refractivity contribution in [3.63, 3.8) is 0 Å². The molecule has 154 valence electrons. The van der Waals surface area contributed by atoms with Crippen LogP contribution in [0, 0.1) is 0 Å². The standard InChI is InChI=1S/C26H29N2O2/c1-6-28(7-2)20-14-12-18-16-19(25(29)30-23(18)17-20)13-15-24-26(3,4)21-10-8-9-11-22(21)27(24)5/h8-17H,6-7H2,1-5H3/q+1. The van der Waals surface area contributed by atoms with Gasteiger partial charge in [-0.2, -0.15) is 4.58 Å². The van der Waals surface area contributed by atoms with E-state index in [4.69, 9.17) is 4.42 Å². The second-order valence-corrected chi connectivity index (χ2v) is 8.30. The predicted octanol–water partition coefficient (Wildman–Crippen LogP) is 5.36. The Morgan fingerprint density at radius 3 is 2.47 bits per heavy atom. The number of para-hydroxylation sites is 1. The summed E-state index contributed by atoms with van der Waals surface area (Å²) in [5, 5.41) is 0.928. The van der Waals surface area contributed by atoms with Crippen LogP contribution >= 0.6 is 0 Å². The van der Waals surface area contributed by atoms with E-state index in [-0.39, 0.29) is 11.0 Å².